The number of aromatic nitrogens is 4. The van der Waals surface area contributed by atoms with Crippen LogP contribution in [0.2, 0.25) is 0 Å². The number of esters is 1. The summed E-state index contributed by atoms with van der Waals surface area (Å²) in [6.45, 7) is 2.66. The van der Waals surface area contributed by atoms with Crippen LogP contribution >= 0.6 is 28.4 Å². The number of fused-ring (bicyclic) bond motifs is 1. The molecule has 0 bridgehead atoms. The highest BCUT2D eigenvalue weighted by molar-refractivity contribution is 14.2. The summed E-state index contributed by atoms with van der Waals surface area (Å²) >= 11 is 2.35. The summed E-state index contributed by atoms with van der Waals surface area (Å²) in [5, 5.41) is 3.37. The first-order chi connectivity index (χ1) is 17.2. The Kier molecular flexibility index (Phi) is 9.76. The lowest BCUT2D eigenvalue weighted by atomic mass is 10.1. The van der Waals surface area contributed by atoms with Gasteiger partial charge in [-0.05, 0) is 78.4 Å². The predicted octanol–water partition coefficient (Wildman–Crippen LogP) is 5.85. The minimum Gasteiger partial charge on any atom is -0.494 e. The molecular weight excluding hydrogens is 578 g/mol. The van der Waals surface area contributed by atoms with Gasteiger partial charge in [-0.2, -0.15) is 9.97 Å². The van der Waals surface area contributed by atoms with Gasteiger partial charge in [-0.15, -0.1) is 0 Å². The topological polar surface area (TPSA) is 94.4 Å². The lowest BCUT2D eigenvalue weighted by Crippen LogP contribution is -2.30. The van der Waals surface area contributed by atoms with E-state index in [9.17, 15) is 4.79 Å². The van der Waals surface area contributed by atoms with Crippen molar-refractivity contribution in [1.82, 2.24) is 19.3 Å². The molecule has 188 valence electrons. The number of benzene rings is 1. The average molecular weight is 610 g/mol. The number of unbranched alkanes of at least 4 members (excludes halogenated alkanes) is 3. The molecule has 1 N–H and O–H groups in total. The van der Waals surface area contributed by atoms with Crippen LogP contribution in [-0.2, 0) is 9.53 Å². The molecule has 2 aromatic heterocycles. The van der Waals surface area contributed by atoms with Gasteiger partial charge in [0.25, 0.3) is 0 Å². The number of anilines is 3. The van der Waals surface area contributed by atoms with E-state index in [-0.39, 0.29) is 5.97 Å². The molecular formula is C24H32IN6O3P. The number of piperidine rings is 1. The number of carbonyl (C=O) groups excluding carboxylic acids is 1. The van der Waals surface area contributed by atoms with Crippen molar-refractivity contribution in [2.45, 2.75) is 51.4 Å². The van der Waals surface area contributed by atoms with Gasteiger partial charge in [0.2, 0.25) is 5.95 Å². The molecule has 0 radical (unpaired) electrons. The molecule has 4 rings (SSSR count). The maximum atomic E-state index is 11.1. The smallest absolute Gasteiger partial charge is 0.305 e. The fourth-order valence-electron chi connectivity index (χ4n) is 4.11. The number of carbonyl (C=O) groups is 1. The fourth-order valence-corrected chi connectivity index (χ4v) is 5.51. The van der Waals surface area contributed by atoms with Crippen LogP contribution in [0.5, 0.6) is 5.75 Å². The van der Waals surface area contributed by atoms with Crippen LogP contribution in [0.25, 0.3) is 11.2 Å². The molecule has 9 nitrogen and oxygen atoms in total. The van der Waals surface area contributed by atoms with Crippen LogP contribution in [0, 0.1) is 0 Å². The van der Waals surface area contributed by atoms with Crippen LogP contribution in [0.15, 0.2) is 30.6 Å². The Morgan fingerprint density at radius 1 is 1.09 bits per heavy atom. The van der Waals surface area contributed by atoms with E-state index in [1.807, 2.05) is 30.6 Å². The second-order valence-corrected chi connectivity index (χ2v) is 10.6. The number of halogens is 1. The van der Waals surface area contributed by atoms with E-state index in [4.69, 9.17) is 14.7 Å². The Hall–Kier alpha value is -2.20. The molecule has 3 heterocycles. The number of ether oxygens (including phenoxy) is 2. The van der Waals surface area contributed by atoms with Crippen molar-refractivity contribution in [1.29, 1.82) is 0 Å². The summed E-state index contributed by atoms with van der Waals surface area (Å²) in [5.41, 5.74) is 2.64. The molecule has 0 amide bonds. The van der Waals surface area contributed by atoms with Crippen molar-refractivity contribution < 1.29 is 14.3 Å². The summed E-state index contributed by atoms with van der Waals surface area (Å²) in [6, 6.07) is 7.88. The van der Waals surface area contributed by atoms with Gasteiger partial charge in [-0.1, -0.05) is 12.8 Å². The number of hydrogen-bond acceptors (Lipinski definition) is 8. The Bertz CT molecular complexity index is 1100. The van der Waals surface area contributed by atoms with Crippen LogP contribution in [0.1, 0.15) is 51.4 Å². The number of nitrogens with one attached hydrogen (secondary N) is 1. The van der Waals surface area contributed by atoms with Gasteiger partial charge in [0.15, 0.2) is 17.0 Å². The van der Waals surface area contributed by atoms with Crippen molar-refractivity contribution in [3.63, 3.8) is 0 Å². The van der Waals surface area contributed by atoms with Gasteiger partial charge >= 0.3 is 5.97 Å². The third-order valence-electron chi connectivity index (χ3n) is 6.01. The van der Waals surface area contributed by atoms with Gasteiger partial charge in [-0.25, -0.2) is 4.98 Å². The van der Waals surface area contributed by atoms with Gasteiger partial charge < -0.3 is 19.7 Å². The maximum Gasteiger partial charge on any atom is 0.305 e. The third-order valence-corrected chi connectivity index (χ3v) is 8.08. The van der Waals surface area contributed by atoms with E-state index in [0.717, 1.165) is 67.2 Å². The first kappa shape index (κ1) is 25.9. The summed E-state index contributed by atoms with van der Waals surface area (Å²) in [6.07, 6.45) is 10.3. The van der Waals surface area contributed by atoms with E-state index >= 15 is 0 Å². The second-order valence-electron chi connectivity index (χ2n) is 8.53. The quantitative estimate of drug-likeness (QED) is 0.118. The lowest BCUT2D eigenvalue weighted by molar-refractivity contribution is -0.140. The fraction of sp³-hybridized carbons (Fsp3) is 0.500. The number of hydrogen-bond donors (Lipinski definition) is 1. The molecule has 0 saturated carbocycles. The Morgan fingerprint density at radius 3 is 2.60 bits per heavy atom. The minimum atomic E-state index is -0.140. The molecule has 1 aliphatic rings. The minimum absolute atomic E-state index is 0.140. The Labute approximate surface area is 220 Å². The maximum absolute atomic E-state index is 11.1. The van der Waals surface area contributed by atoms with Gasteiger partial charge in [-0.3, -0.25) is 9.13 Å². The van der Waals surface area contributed by atoms with E-state index in [0.29, 0.717) is 25.3 Å². The molecule has 1 aromatic carbocycles. The zero-order valence-electron chi connectivity index (χ0n) is 20.0. The van der Waals surface area contributed by atoms with E-state index in [2.05, 4.69) is 46.3 Å². The summed E-state index contributed by atoms with van der Waals surface area (Å²) in [7, 11) is 1.43. The molecule has 1 atom stereocenters. The molecule has 1 saturated heterocycles. The van der Waals surface area contributed by atoms with Gasteiger partial charge in [0.1, 0.15) is 12.1 Å². The van der Waals surface area contributed by atoms with E-state index in [1.54, 1.807) is 0 Å². The number of imidazole rings is 1. The first-order valence-electron chi connectivity index (χ1n) is 12.1. The van der Waals surface area contributed by atoms with E-state index in [1.165, 1.54) is 26.4 Å². The van der Waals surface area contributed by atoms with Crippen molar-refractivity contribution in [2.75, 3.05) is 37.0 Å². The predicted molar refractivity (Wildman–Crippen MR) is 149 cm³/mol. The van der Waals surface area contributed by atoms with Crippen LogP contribution in [0.4, 0.5) is 17.5 Å². The highest BCUT2D eigenvalue weighted by Crippen LogP contribution is 2.33. The SMILES string of the molecule is COC(=O)CCCCCCOc1ccc(Nc2nc(N3CCCCC3)c3ncn(PI)c3n2)cc1. The molecule has 1 unspecified atom stereocenters. The van der Waals surface area contributed by atoms with E-state index < -0.39 is 0 Å². The molecule has 3 aromatic rings. The lowest BCUT2D eigenvalue weighted by Gasteiger charge is -2.28. The normalized spacial score (nSPS) is 14.1. The first-order valence-corrected chi connectivity index (χ1v) is 16.2. The highest BCUT2D eigenvalue weighted by Gasteiger charge is 2.20. The van der Waals surface area contributed by atoms with Crippen molar-refractivity contribution in [2.24, 2.45) is 0 Å². The monoisotopic (exact) mass is 610 g/mol. The van der Waals surface area contributed by atoms with Crippen molar-refractivity contribution in [3.8, 4) is 5.75 Å². The summed E-state index contributed by atoms with van der Waals surface area (Å²) < 4.78 is 12.6. The zero-order valence-corrected chi connectivity index (χ0v) is 23.2. The standard InChI is InChI=1S/C24H32IN6O3P/c1-33-20(32)9-5-2-3-8-16-34-19-12-10-18(11-13-19)27-24-28-22(30-14-6-4-7-15-30)21-23(29-24)31(35-25)17-26-21/h10-13,17,35H,2-9,14-16H2,1H3,(H,27,28,29). The Balaban J connectivity index is 1.34. The molecule has 11 heteroatoms. The van der Waals surface area contributed by atoms with Crippen LogP contribution in [0.3, 0.4) is 0 Å². The van der Waals surface area contributed by atoms with Crippen molar-refractivity contribution in [3.05, 3.63) is 30.6 Å². The summed E-state index contributed by atoms with van der Waals surface area (Å²) in [5.74, 6) is 2.19. The van der Waals surface area contributed by atoms with Crippen LogP contribution < -0.4 is 15.0 Å². The van der Waals surface area contributed by atoms with Crippen molar-refractivity contribution >= 4 is 63.0 Å². The average Bonchev–Trinajstić information content (AvgIpc) is 3.32. The zero-order chi connectivity index (χ0) is 24.5. The number of methoxy groups -OCH3 is 1. The Morgan fingerprint density at radius 2 is 1.86 bits per heavy atom. The molecule has 0 aliphatic carbocycles. The molecule has 1 aliphatic heterocycles. The number of rotatable bonds is 12. The number of nitrogens with zero attached hydrogens (tertiary/aromatic N) is 5. The van der Waals surface area contributed by atoms with Crippen LogP contribution in [-0.4, -0.2) is 52.1 Å². The molecule has 35 heavy (non-hydrogen) atoms. The third kappa shape index (κ3) is 7.16. The highest BCUT2D eigenvalue weighted by atomic mass is 127. The molecule has 1 fully saturated rings. The largest absolute Gasteiger partial charge is 0.494 e. The van der Waals surface area contributed by atoms with Gasteiger partial charge in [0, 0.05) is 25.2 Å². The van der Waals surface area contributed by atoms with Gasteiger partial charge in [0.05, 0.1) is 20.1 Å². The second kappa shape index (κ2) is 13.2. The molecule has 0 spiro atoms. The summed E-state index contributed by atoms with van der Waals surface area (Å²) in [4.78, 5) is 27.7.